The van der Waals surface area contributed by atoms with Crippen LogP contribution in [0.3, 0.4) is 0 Å². The average molecular weight is 315 g/mol. The van der Waals surface area contributed by atoms with E-state index in [4.69, 9.17) is 0 Å². The van der Waals surface area contributed by atoms with Crippen molar-refractivity contribution < 1.29 is 4.79 Å². The number of carbonyl (C=O) groups is 1. The largest absolute Gasteiger partial charge is 0.325 e. The van der Waals surface area contributed by atoms with Crippen molar-refractivity contribution in [2.75, 3.05) is 38.0 Å². The molecule has 0 radical (unpaired) electrons. The van der Waals surface area contributed by atoms with Crippen LogP contribution in [-0.4, -0.2) is 48.6 Å². The van der Waals surface area contributed by atoms with Crippen molar-refractivity contribution in [1.82, 2.24) is 9.80 Å². The standard InChI is InChI=1S/C19H29N3O/c1-2-17-7-3-4-8-18(17)20-19(23)22-13-9-16(10-14-22)15-21-11-5-6-12-21/h3-4,7-8,16H,2,5-6,9-15H2,1H3,(H,20,23). The minimum absolute atomic E-state index is 0.0607. The van der Waals surface area contributed by atoms with Gasteiger partial charge in [-0.2, -0.15) is 0 Å². The van der Waals surface area contributed by atoms with Crippen molar-refractivity contribution >= 4 is 11.7 Å². The number of benzene rings is 1. The Kier molecular flexibility index (Phi) is 5.55. The number of urea groups is 1. The van der Waals surface area contributed by atoms with Gasteiger partial charge in [0.25, 0.3) is 0 Å². The molecule has 4 nitrogen and oxygen atoms in total. The molecule has 2 aliphatic rings. The lowest BCUT2D eigenvalue weighted by molar-refractivity contribution is 0.163. The zero-order valence-electron chi connectivity index (χ0n) is 14.3. The number of amides is 2. The number of nitrogens with zero attached hydrogens (tertiary/aromatic N) is 2. The lowest BCUT2D eigenvalue weighted by atomic mass is 9.96. The van der Waals surface area contributed by atoms with Gasteiger partial charge >= 0.3 is 6.03 Å². The number of hydrogen-bond acceptors (Lipinski definition) is 2. The smallest absolute Gasteiger partial charge is 0.321 e. The van der Waals surface area contributed by atoms with Crippen LogP contribution in [0.25, 0.3) is 0 Å². The summed E-state index contributed by atoms with van der Waals surface area (Å²) < 4.78 is 0. The third-order valence-corrected chi connectivity index (χ3v) is 5.26. The summed E-state index contributed by atoms with van der Waals surface area (Å²) in [5.41, 5.74) is 2.16. The summed E-state index contributed by atoms with van der Waals surface area (Å²) in [6, 6.07) is 8.15. The third-order valence-electron chi connectivity index (χ3n) is 5.26. The Labute approximate surface area is 139 Å². The average Bonchev–Trinajstić information content (AvgIpc) is 3.09. The molecule has 1 N–H and O–H groups in total. The summed E-state index contributed by atoms with van der Waals surface area (Å²) in [6.07, 6.45) is 5.93. The van der Waals surface area contributed by atoms with Gasteiger partial charge in [-0.15, -0.1) is 0 Å². The van der Waals surface area contributed by atoms with E-state index in [1.54, 1.807) is 0 Å². The molecule has 0 bridgehead atoms. The molecule has 2 heterocycles. The first kappa shape index (κ1) is 16.3. The molecule has 126 valence electrons. The quantitative estimate of drug-likeness (QED) is 0.921. The van der Waals surface area contributed by atoms with Crippen molar-refractivity contribution in [3.05, 3.63) is 29.8 Å². The molecule has 2 fully saturated rings. The summed E-state index contributed by atoms with van der Waals surface area (Å²) >= 11 is 0. The zero-order valence-corrected chi connectivity index (χ0v) is 14.3. The van der Waals surface area contributed by atoms with Crippen molar-refractivity contribution in [3.8, 4) is 0 Å². The highest BCUT2D eigenvalue weighted by atomic mass is 16.2. The molecule has 1 aromatic rings. The summed E-state index contributed by atoms with van der Waals surface area (Å²) in [4.78, 5) is 17.1. The minimum Gasteiger partial charge on any atom is -0.325 e. The molecule has 0 aromatic heterocycles. The Morgan fingerprint density at radius 1 is 1.13 bits per heavy atom. The Morgan fingerprint density at radius 2 is 1.83 bits per heavy atom. The molecular formula is C19H29N3O. The van der Waals surface area contributed by atoms with Gasteiger partial charge in [0.2, 0.25) is 0 Å². The van der Waals surface area contributed by atoms with Crippen LogP contribution in [0.15, 0.2) is 24.3 Å². The maximum Gasteiger partial charge on any atom is 0.321 e. The molecule has 2 saturated heterocycles. The van der Waals surface area contributed by atoms with Crippen LogP contribution in [0.1, 0.15) is 38.2 Å². The third kappa shape index (κ3) is 4.25. The SMILES string of the molecule is CCc1ccccc1NC(=O)N1CCC(CN2CCCC2)CC1. The molecule has 3 rings (SSSR count). The second-order valence-corrected chi connectivity index (χ2v) is 6.88. The number of piperidine rings is 1. The Balaban J connectivity index is 1.48. The molecular weight excluding hydrogens is 286 g/mol. The number of carbonyl (C=O) groups excluding carboxylic acids is 1. The van der Waals surface area contributed by atoms with Gasteiger partial charge in [0.15, 0.2) is 0 Å². The van der Waals surface area contributed by atoms with Crippen LogP contribution >= 0.6 is 0 Å². The van der Waals surface area contributed by atoms with E-state index in [1.165, 1.54) is 38.0 Å². The number of nitrogens with one attached hydrogen (secondary N) is 1. The Morgan fingerprint density at radius 3 is 2.52 bits per heavy atom. The molecule has 0 atom stereocenters. The highest BCUT2D eigenvalue weighted by Gasteiger charge is 2.25. The predicted molar refractivity (Wildman–Crippen MR) is 94.8 cm³/mol. The topological polar surface area (TPSA) is 35.6 Å². The minimum atomic E-state index is 0.0607. The van der Waals surface area contributed by atoms with Crippen LogP contribution in [0, 0.1) is 5.92 Å². The normalized spacial score (nSPS) is 20.0. The number of rotatable bonds is 4. The van der Waals surface area contributed by atoms with Crippen LogP contribution in [0.2, 0.25) is 0 Å². The first-order chi connectivity index (χ1) is 11.3. The molecule has 23 heavy (non-hydrogen) atoms. The highest BCUT2D eigenvalue weighted by Crippen LogP contribution is 2.22. The van der Waals surface area contributed by atoms with E-state index in [-0.39, 0.29) is 6.03 Å². The van der Waals surface area contributed by atoms with Crippen LogP contribution in [0.4, 0.5) is 10.5 Å². The van der Waals surface area contributed by atoms with Gasteiger partial charge in [-0.05, 0) is 62.7 Å². The molecule has 2 amide bonds. The molecule has 0 spiro atoms. The number of para-hydroxylation sites is 1. The fourth-order valence-electron chi connectivity index (χ4n) is 3.79. The second-order valence-electron chi connectivity index (χ2n) is 6.88. The van der Waals surface area contributed by atoms with Gasteiger partial charge in [0.1, 0.15) is 0 Å². The lowest BCUT2D eigenvalue weighted by Gasteiger charge is -2.34. The van der Waals surface area contributed by atoms with E-state index in [2.05, 4.69) is 23.2 Å². The van der Waals surface area contributed by atoms with Gasteiger partial charge in [0, 0.05) is 25.3 Å². The number of anilines is 1. The fourth-order valence-corrected chi connectivity index (χ4v) is 3.79. The number of likely N-dealkylation sites (tertiary alicyclic amines) is 2. The fraction of sp³-hybridized carbons (Fsp3) is 0.632. The molecule has 2 aliphatic heterocycles. The van der Waals surface area contributed by atoms with Gasteiger partial charge in [-0.3, -0.25) is 0 Å². The number of hydrogen-bond donors (Lipinski definition) is 1. The zero-order chi connectivity index (χ0) is 16.1. The summed E-state index contributed by atoms with van der Waals surface area (Å²) in [5.74, 6) is 0.764. The van der Waals surface area contributed by atoms with Crippen molar-refractivity contribution in [2.24, 2.45) is 5.92 Å². The van der Waals surface area contributed by atoms with E-state index < -0.39 is 0 Å². The van der Waals surface area contributed by atoms with Gasteiger partial charge in [0.05, 0.1) is 0 Å². The van der Waals surface area contributed by atoms with Crippen LogP contribution < -0.4 is 5.32 Å². The van der Waals surface area contributed by atoms with E-state index in [0.717, 1.165) is 44.0 Å². The molecule has 0 unspecified atom stereocenters. The van der Waals surface area contributed by atoms with E-state index in [9.17, 15) is 4.79 Å². The summed E-state index contributed by atoms with van der Waals surface area (Å²) in [5, 5.41) is 3.10. The number of aryl methyl sites for hydroxylation is 1. The monoisotopic (exact) mass is 315 g/mol. The molecule has 0 saturated carbocycles. The second kappa shape index (κ2) is 7.82. The predicted octanol–water partition coefficient (Wildman–Crippen LogP) is 3.59. The van der Waals surface area contributed by atoms with Crippen molar-refractivity contribution in [2.45, 2.75) is 39.0 Å². The maximum absolute atomic E-state index is 12.5. The van der Waals surface area contributed by atoms with E-state index >= 15 is 0 Å². The van der Waals surface area contributed by atoms with Crippen molar-refractivity contribution in [3.63, 3.8) is 0 Å². The molecule has 4 heteroatoms. The maximum atomic E-state index is 12.5. The van der Waals surface area contributed by atoms with Gasteiger partial charge in [-0.1, -0.05) is 25.1 Å². The van der Waals surface area contributed by atoms with E-state index in [1.807, 2.05) is 23.1 Å². The highest BCUT2D eigenvalue weighted by molar-refractivity contribution is 5.90. The summed E-state index contributed by atoms with van der Waals surface area (Å²) in [6.45, 7) is 7.67. The molecule has 1 aromatic carbocycles. The first-order valence-electron chi connectivity index (χ1n) is 9.12. The van der Waals surface area contributed by atoms with Gasteiger partial charge < -0.3 is 15.1 Å². The Hall–Kier alpha value is -1.55. The first-order valence-corrected chi connectivity index (χ1v) is 9.12. The summed E-state index contributed by atoms with van der Waals surface area (Å²) in [7, 11) is 0. The van der Waals surface area contributed by atoms with Crippen molar-refractivity contribution in [1.29, 1.82) is 0 Å². The molecule has 0 aliphatic carbocycles. The van der Waals surface area contributed by atoms with E-state index in [0.29, 0.717) is 0 Å². The van der Waals surface area contributed by atoms with Crippen LogP contribution in [-0.2, 0) is 6.42 Å². The Bertz CT molecular complexity index is 517. The van der Waals surface area contributed by atoms with Gasteiger partial charge in [-0.25, -0.2) is 4.79 Å². The lowest BCUT2D eigenvalue weighted by Crippen LogP contribution is -2.43. The van der Waals surface area contributed by atoms with Crippen LogP contribution in [0.5, 0.6) is 0 Å².